The van der Waals surface area contributed by atoms with Crippen molar-refractivity contribution in [1.82, 2.24) is 4.90 Å². The van der Waals surface area contributed by atoms with Gasteiger partial charge in [0.25, 0.3) is 0 Å². The summed E-state index contributed by atoms with van der Waals surface area (Å²) in [5.41, 5.74) is 6.98. The fourth-order valence-electron chi connectivity index (χ4n) is 2.86. The van der Waals surface area contributed by atoms with Crippen molar-refractivity contribution in [2.45, 2.75) is 19.8 Å². The SMILES string of the molecule is COc1ccc(/C(C)=C/C(=O)N2CCC(C(N)=O)CC2)c(OC)c1. The van der Waals surface area contributed by atoms with Crippen molar-refractivity contribution in [3.8, 4) is 11.5 Å². The molecule has 0 atom stereocenters. The van der Waals surface area contributed by atoms with Gasteiger partial charge in [-0.05, 0) is 37.5 Å². The van der Waals surface area contributed by atoms with Crippen LogP contribution in [0.15, 0.2) is 24.3 Å². The largest absolute Gasteiger partial charge is 0.497 e. The maximum absolute atomic E-state index is 12.4. The number of nitrogens with zero attached hydrogens (tertiary/aromatic N) is 1. The summed E-state index contributed by atoms with van der Waals surface area (Å²) in [7, 11) is 3.18. The molecule has 1 aliphatic heterocycles. The smallest absolute Gasteiger partial charge is 0.246 e. The van der Waals surface area contributed by atoms with Crippen molar-refractivity contribution >= 4 is 17.4 Å². The number of carbonyl (C=O) groups excluding carboxylic acids is 2. The number of methoxy groups -OCH3 is 2. The van der Waals surface area contributed by atoms with Gasteiger partial charge < -0.3 is 20.1 Å². The van der Waals surface area contributed by atoms with Gasteiger partial charge >= 0.3 is 0 Å². The summed E-state index contributed by atoms with van der Waals surface area (Å²) < 4.78 is 10.6. The summed E-state index contributed by atoms with van der Waals surface area (Å²) in [4.78, 5) is 25.4. The molecule has 0 bridgehead atoms. The van der Waals surface area contributed by atoms with Crippen LogP contribution < -0.4 is 15.2 Å². The van der Waals surface area contributed by atoms with Gasteiger partial charge in [0.2, 0.25) is 11.8 Å². The van der Waals surface area contributed by atoms with E-state index in [0.717, 1.165) is 11.1 Å². The molecule has 1 aromatic rings. The molecule has 0 saturated carbocycles. The van der Waals surface area contributed by atoms with Gasteiger partial charge in [-0.25, -0.2) is 0 Å². The number of carbonyl (C=O) groups is 2. The highest BCUT2D eigenvalue weighted by Crippen LogP contribution is 2.30. The molecule has 0 aliphatic carbocycles. The van der Waals surface area contributed by atoms with E-state index < -0.39 is 0 Å². The zero-order valence-corrected chi connectivity index (χ0v) is 14.4. The van der Waals surface area contributed by atoms with Crippen LogP contribution >= 0.6 is 0 Å². The van der Waals surface area contributed by atoms with E-state index in [2.05, 4.69) is 0 Å². The number of hydrogen-bond acceptors (Lipinski definition) is 4. The molecule has 1 aromatic carbocycles. The van der Waals surface area contributed by atoms with E-state index in [0.29, 0.717) is 37.4 Å². The molecule has 2 amide bonds. The molecular formula is C18H24N2O4. The number of rotatable bonds is 5. The molecule has 1 aliphatic rings. The lowest BCUT2D eigenvalue weighted by Gasteiger charge is -2.30. The molecule has 2 rings (SSSR count). The highest BCUT2D eigenvalue weighted by molar-refractivity contribution is 5.95. The summed E-state index contributed by atoms with van der Waals surface area (Å²) in [6.45, 7) is 2.98. The molecule has 0 spiro atoms. The summed E-state index contributed by atoms with van der Waals surface area (Å²) >= 11 is 0. The summed E-state index contributed by atoms with van der Waals surface area (Å²) in [5, 5.41) is 0. The second-order valence-corrected chi connectivity index (χ2v) is 5.90. The number of benzene rings is 1. The van der Waals surface area contributed by atoms with Crippen molar-refractivity contribution in [2.24, 2.45) is 11.7 Å². The maximum Gasteiger partial charge on any atom is 0.246 e. The minimum absolute atomic E-state index is 0.0618. The Morgan fingerprint density at radius 2 is 1.88 bits per heavy atom. The lowest BCUT2D eigenvalue weighted by Crippen LogP contribution is -2.41. The highest BCUT2D eigenvalue weighted by atomic mass is 16.5. The Hall–Kier alpha value is -2.50. The first-order valence-corrected chi connectivity index (χ1v) is 7.95. The van der Waals surface area contributed by atoms with Crippen LogP contribution in [0, 0.1) is 5.92 Å². The predicted octanol–water partition coefficient (Wildman–Crippen LogP) is 1.83. The first-order chi connectivity index (χ1) is 11.5. The fraction of sp³-hybridized carbons (Fsp3) is 0.444. The molecule has 1 heterocycles. The molecule has 24 heavy (non-hydrogen) atoms. The monoisotopic (exact) mass is 332 g/mol. The number of primary amides is 1. The Kier molecular flexibility index (Phi) is 5.84. The quantitative estimate of drug-likeness (QED) is 0.834. The number of likely N-dealkylation sites (tertiary alicyclic amines) is 1. The number of allylic oxidation sites excluding steroid dienone is 1. The Morgan fingerprint density at radius 1 is 1.21 bits per heavy atom. The first-order valence-electron chi connectivity index (χ1n) is 7.95. The third kappa shape index (κ3) is 4.07. The number of ether oxygens (including phenoxy) is 2. The zero-order chi connectivity index (χ0) is 17.7. The topological polar surface area (TPSA) is 81.9 Å². The Bertz CT molecular complexity index is 646. The molecule has 6 nitrogen and oxygen atoms in total. The average molecular weight is 332 g/mol. The van der Waals surface area contributed by atoms with E-state index >= 15 is 0 Å². The normalized spacial score (nSPS) is 16.0. The summed E-state index contributed by atoms with van der Waals surface area (Å²) in [5.74, 6) is 0.887. The number of nitrogens with two attached hydrogens (primary N) is 1. The van der Waals surface area contributed by atoms with E-state index in [1.54, 1.807) is 31.3 Å². The van der Waals surface area contributed by atoms with Gasteiger partial charge in [-0.2, -0.15) is 0 Å². The number of hydrogen-bond donors (Lipinski definition) is 1. The van der Waals surface area contributed by atoms with Crippen molar-refractivity contribution < 1.29 is 19.1 Å². The number of piperidine rings is 1. The maximum atomic E-state index is 12.4. The zero-order valence-electron chi connectivity index (χ0n) is 14.4. The lowest BCUT2D eigenvalue weighted by molar-refractivity contribution is -0.130. The molecule has 0 radical (unpaired) electrons. The van der Waals surface area contributed by atoms with Gasteiger partial charge in [-0.15, -0.1) is 0 Å². The van der Waals surface area contributed by atoms with Gasteiger partial charge in [0, 0.05) is 36.7 Å². The van der Waals surface area contributed by atoms with Crippen LogP contribution in [0.3, 0.4) is 0 Å². The molecule has 0 aromatic heterocycles. The lowest BCUT2D eigenvalue weighted by atomic mass is 9.96. The Morgan fingerprint density at radius 3 is 2.42 bits per heavy atom. The minimum atomic E-state index is -0.281. The molecule has 1 saturated heterocycles. The van der Waals surface area contributed by atoms with Crippen molar-refractivity contribution in [3.63, 3.8) is 0 Å². The second-order valence-electron chi connectivity index (χ2n) is 5.90. The predicted molar refractivity (Wildman–Crippen MR) is 91.7 cm³/mol. The van der Waals surface area contributed by atoms with E-state index in [1.807, 2.05) is 19.1 Å². The molecule has 6 heteroatoms. The number of amides is 2. The average Bonchev–Trinajstić information content (AvgIpc) is 2.60. The fourth-order valence-corrected chi connectivity index (χ4v) is 2.86. The van der Waals surface area contributed by atoms with Crippen LogP contribution in [0.25, 0.3) is 5.57 Å². The van der Waals surface area contributed by atoms with Crippen LogP contribution in [0.4, 0.5) is 0 Å². The Balaban J connectivity index is 2.10. The second kappa shape index (κ2) is 7.86. The van der Waals surface area contributed by atoms with Gasteiger partial charge in [0.05, 0.1) is 14.2 Å². The van der Waals surface area contributed by atoms with Crippen LogP contribution in [-0.4, -0.2) is 44.0 Å². The first kappa shape index (κ1) is 17.8. The van der Waals surface area contributed by atoms with Gasteiger partial charge in [0.1, 0.15) is 11.5 Å². The van der Waals surface area contributed by atoms with Gasteiger partial charge in [0.15, 0.2) is 0 Å². The highest BCUT2D eigenvalue weighted by Gasteiger charge is 2.25. The van der Waals surface area contributed by atoms with Gasteiger partial charge in [-0.3, -0.25) is 9.59 Å². The van der Waals surface area contributed by atoms with Crippen molar-refractivity contribution in [1.29, 1.82) is 0 Å². The molecule has 2 N–H and O–H groups in total. The molecule has 1 fully saturated rings. The van der Waals surface area contributed by atoms with Crippen molar-refractivity contribution in [3.05, 3.63) is 29.8 Å². The van der Waals surface area contributed by atoms with E-state index in [-0.39, 0.29) is 17.7 Å². The standard InChI is InChI=1S/C18H24N2O4/c1-12(15-5-4-14(23-2)11-16(15)24-3)10-17(21)20-8-6-13(7-9-20)18(19)22/h4-5,10-11,13H,6-9H2,1-3H3,(H2,19,22)/b12-10+. The van der Waals surface area contributed by atoms with E-state index in [1.165, 1.54) is 0 Å². The van der Waals surface area contributed by atoms with Crippen LogP contribution in [0.2, 0.25) is 0 Å². The van der Waals surface area contributed by atoms with Crippen molar-refractivity contribution in [2.75, 3.05) is 27.3 Å². The third-order valence-electron chi connectivity index (χ3n) is 4.38. The third-order valence-corrected chi connectivity index (χ3v) is 4.38. The summed E-state index contributed by atoms with van der Waals surface area (Å²) in [6, 6.07) is 5.49. The van der Waals surface area contributed by atoms with Crippen LogP contribution in [-0.2, 0) is 9.59 Å². The van der Waals surface area contributed by atoms with E-state index in [9.17, 15) is 9.59 Å². The minimum Gasteiger partial charge on any atom is -0.497 e. The molecular weight excluding hydrogens is 308 g/mol. The van der Waals surface area contributed by atoms with Gasteiger partial charge in [-0.1, -0.05) is 0 Å². The van der Waals surface area contributed by atoms with E-state index in [4.69, 9.17) is 15.2 Å². The molecule has 130 valence electrons. The summed E-state index contributed by atoms with van der Waals surface area (Å²) in [6.07, 6.45) is 2.86. The van der Waals surface area contributed by atoms with Crippen LogP contribution in [0.5, 0.6) is 11.5 Å². The van der Waals surface area contributed by atoms with Crippen LogP contribution in [0.1, 0.15) is 25.3 Å². The molecule has 0 unspecified atom stereocenters. The Labute approximate surface area is 142 Å².